The molecule has 0 radical (unpaired) electrons. The van der Waals surface area contributed by atoms with E-state index in [9.17, 15) is 9.59 Å². The molecular weight excluding hydrogens is 260 g/mol. The first kappa shape index (κ1) is 15.1. The largest absolute Gasteiger partial charge is 0.481 e. The Bertz CT molecular complexity index is 353. The van der Waals surface area contributed by atoms with Crippen molar-refractivity contribution in [2.24, 2.45) is 5.92 Å². The average Bonchev–Trinajstić information content (AvgIpc) is 2.48. The van der Waals surface area contributed by atoms with E-state index in [0.717, 1.165) is 25.7 Å². The van der Waals surface area contributed by atoms with Crippen molar-refractivity contribution in [2.75, 3.05) is 20.2 Å². The Kier molecular flexibility index (Phi) is 5.23. The van der Waals surface area contributed by atoms with E-state index in [4.69, 9.17) is 9.84 Å². The molecule has 1 aliphatic carbocycles. The summed E-state index contributed by atoms with van der Waals surface area (Å²) in [6.45, 7) is 1.04. The molecule has 1 heterocycles. The second-order valence-corrected chi connectivity index (χ2v) is 5.71. The molecule has 2 amide bonds. The molecule has 0 aromatic heterocycles. The van der Waals surface area contributed by atoms with E-state index in [1.165, 1.54) is 0 Å². The minimum Gasteiger partial charge on any atom is -0.481 e. The number of hydrogen-bond acceptors (Lipinski definition) is 3. The van der Waals surface area contributed by atoms with Gasteiger partial charge in [0, 0.05) is 20.2 Å². The first-order chi connectivity index (χ1) is 9.61. The zero-order valence-electron chi connectivity index (χ0n) is 12.0. The van der Waals surface area contributed by atoms with Crippen LogP contribution < -0.4 is 5.32 Å². The lowest BCUT2D eigenvalue weighted by Crippen LogP contribution is -2.52. The lowest BCUT2D eigenvalue weighted by molar-refractivity contribution is -0.143. The summed E-state index contributed by atoms with van der Waals surface area (Å²) in [5.41, 5.74) is 0. The standard InChI is InChI=1S/C14H24N2O4/c1-20-12-5-3-2-4-11(12)15-14(19)16-8-6-10(7-9-16)13(17)18/h10-12H,2-9H2,1H3,(H,15,19)(H,17,18)/t11-,12-/m0/s1. The number of hydrogen-bond donors (Lipinski definition) is 2. The molecule has 1 saturated carbocycles. The minimum absolute atomic E-state index is 0.0808. The van der Waals surface area contributed by atoms with Gasteiger partial charge in [-0.3, -0.25) is 4.79 Å². The second kappa shape index (κ2) is 6.92. The quantitative estimate of drug-likeness (QED) is 0.822. The average molecular weight is 284 g/mol. The van der Waals surface area contributed by atoms with Gasteiger partial charge in [0.2, 0.25) is 0 Å². The number of urea groups is 1. The zero-order valence-corrected chi connectivity index (χ0v) is 12.0. The summed E-state index contributed by atoms with van der Waals surface area (Å²) in [7, 11) is 1.69. The van der Waals surface area contributed by atoms with Crippen LogP contribution in [0.4, 0.5) is 4.79 Å². The molecule has 2 fully saturated rings. The minimum atomic E-state index is -0.753. The predicted molar refractivity (Wildman–Crippen MR) is 73.5 cm³/mol. The van der Waals surface area contributed by atoms with Gasteiger partial charge in [-0.25, -0.2) is 4.79 Å². The maximum absolute atomic E-state index is 12.2. The first-order valence-electron chi connectivity index (χ1n) is 7.43. The Balaban J connectivity index is 1.81. The van der Waals surface area contributed by atoms with Crippen LogP contribution in [0.5, 0.6) is 0 Å². The number of likely N-dealkylation sites (tertiary alicyclic amines) is 1. The number of ether oxygens (including phenoxy) is 1. The number of nitrogens with one attached hydrogen (secondary N) is 1. The van der Waals surface area contributed by atoms with Crippen LogP contribution in [0.2, 0.25) is 0 Å². The second-order valence-electron chi connectivity index (χ2n) is 5.71. The maximum Gasteiger partial charge on any atom is 0.317 e. The van der Waals surface area contributed by atoms with Crippen LogP contribution in [0, 0.1) is 5.92 Å². The van der Waals surface area contributed by atoms with Crippen molar-refractivity contribution >= 4 is 12.0 Å². The van der Waals surface area contributed by atoms with Gasteiger partial charge in [0.15, 0.2) is 0 Å². The van der Waals surface area contributed by atoms with Crippen molar-refractivity contribution in [1.29, 1.82) is 0 Å². The zero-order chi connectivity index (χ0) is 14.5. The van der Waals surface area contributed by atoms with E-state index in [0.29, 0.717) is 25.9 Å². The summed E-state index contributed by atoms with van der Waals surface area (Å²) in [4.78, 5) is 24.8. The molecule has 6 nitrogen and oxygen atoms in total. The number of carboxylic acids is 1. The van der Waals surface area contributed by atoms with E-state index in [-0.39, 0.29) is 24.1 Å². The maximum atomic E-state index is 12.2. The van der Waals surface area contributed by atoms with Crippen LogP contribution >= 0.6 is 0 Å². The van der Waals surface area contributed by atoms with Crippen LogP contribution in [0.1, 0.15) is 38.5 Å². The van der Waals surface area contributed by atoms with Gasteiger partial charge in [-0.2, -0.15) is 0 Å². The van der Waals surface area contributed by atoms with Crippen molar-refractivity contribution < 1.29 is 19.4 Å². The molecule has 2 atom stereocenters. The van der Waals surface area contributed by atoms with Crippen LogP contribution in [-0.2, 0) is 9.53 Å². The summed E-state index contributed by atoms with van der Waals surface area (Å²) in [6, 6.07) is 0.00114. The number of carbonyl (C=O) groups excluding carboxylic acids is 1. The molecule has 2 rings (SSSR count). The molecule has 0 aromatic rings. The SMILES string of the molecule is CO[C@H]1CCCC[C@@H]1NC(=O)N1CCC(C(=O)O)CC1. The number of carbonyl (C=O) groups is 2. The van der Waals surface area contributed by atoms with Crippen molar-refractivity contribution in [3.8, 4) is 0 Å². The predicted octanol–water partition coefficient (Wildman–Crippen LogP) is 1.45. The smallest absolute Gasteiger partial charge is 0.317 e. The number of methoxy groups -OCH3 is 1. The van der Waals surface area contributed by atoms with E-state index in [1.807, 2.05) is 0 Å². The van der Waals surface area contributed by atoms with Crippen LogP contribution in [-0.4, -0.2) is 54.4 Å². The molecule has 2 aliphatic rings. The molecule has 0 spiro atoms. The van der Waals surface area contributed by atoms with Gasteiger partial charge in [0.1, 0.15) is 0 Å². The summed E-state index contributed by atoms with van der Waals surface area (Å²) < 4.78 is 5.43. The number of carboxylic acid groups (broad SMARTS) is 1. The van der Waals surface area contributed by atoms with Gasteiger partial charge < -0.3 is 20.1 Å². The fourth-order valence-electron chi connectivity index (χ4n) is 3.12. The number of amides is 2. The van der Waals surface area contributed by atoms with Gasteiger partial charge in [-0.1, -0.05) is 12.8 Å². The highest BCUT2D eigenvalue weighted by Crippen LogP contribution is 2.22. The molecular formula is C14H24N2O4. The van der Waals surface area contributed by atoms with E-state index in [1.54, 1.807) is 12.0 Å². The molecule has 2 N–H and O–H groups in total. The summed E-state index contributed by atoms with van der Waals surface area (Å²) in [5, 5.41) is 12.0. The summed E-state index contributed by atoms with van der Waals surface area (Å²) in [5.74, 6) is -1.06. The Hall–Kier alpha value is -1.30. The highest BCUT2D eigenvalue weighted by molar-refractivity contribution is 5.75. The Morgan fingerprint density at radius 2 is 1.80 bits per heavy atom. The Morgan fingerprint density at radius 1 is 1.15 bits per heavy atom. The van der Waals surface area contributed by atoms with Gasteiger partial charge in [0.25, 0.3) is 0 Å². The lowest BCUT2D eigenvalue weighted by atomic mass is 9.92. The summed E-state index contributed by atoms with van der Waals surface area (Å²) >= 11 is 0. The topological polar surface area (TPSA) is 78.9 Å². The number of piperidine rings is 1. The highest BCUT2D eigenvalue weighted by Gasteiger charge is 2.30. The third-order valence-electron chi connectivity index (χ3n) is 4.45. The Morgan fingerprint density at radius 3 is 2.40 bits per heavy atom. The third kappa shape index (κ3) is 3.62. The van der Waals surface area contributed by atoms with Gasteiger partial charge in [0.05, 0.1) is 18.1 Å². The number of rotatable bonds is 3. The van der Waals surface area contributed by atoms with Crippen LogP contribution in [0.25, 0.3) is 0 Å². The molecule has 1 aliphatic heterocycles. The molecule has 1 saturated heterocycles. The first-order valence-corrected chi connectivity index (χ1v) is 7.43. The molecule has 6 heteroatoms. The Labute approximate surface area is 119 Å². The molecule has 0 unspecified atom stereocenters. The molecule has 0 aromatic carbocycles. The molecule has 20 heavy (non-hydrogen) atoms. The van der Waals surface area contributed by atoms with Crippen LogP contribution in [0.3, 0.4) is 0 Å². The molecule has 0 bridgehead atoms. The van der Waals surface area contributed by atoms with Gasteiger partial charge in [-0.15, -0.1) is 0 Å². The fourth-order valence-corrected chi connectivity index (χ4v) is 3.12. The summed E-state index contributed by atoms with van der Waals surface area (Å²) in [6.07, 6.45) is 5.39. The van der Waals surface area contributed by atoms with Crippen molar-refractivity contribution in [1.82, 2.24) is 10.2 Å². The van der Waals surface area contributed by atoms with Crippen molar-refractivity contribution in [3.05, 3.63) is 0 Å². The highest BCUT2D eigenvalue weighted by atomic mass is 16.5. The normalized spacial score (nSPS) is 28.1. The van der Waals surface area contributed by atoms with Gasteiger partial charge in [-0.05, 0) is 25.7 Å². The van der Waals surface area contributed by atoms with Crippen LogP contribution in [0.15, 0.2) is 0 Å². The van der Waals surface area contributed by atoms with E-state index >= 15 is 0 Å². The van der Waals surface area contributed by atoms with E-state index < -0.39 is 5.97 Å². The fraction of sp³-hybridized carbons (Fsp3) is 0.857. The van der Waals surface area contributed by atoms with Crippen molar-refractivity contribution in [2.45, 2.75) is 50.7 Å². The van der Waals surface area contributed by atoms with Gasteiger partial charge >= 0.3 is 12.0 Å². The molecule has 114 valence electrons. The monoisotopic (exact) mass is 284 g/mol. The number of aliphatic carboxylic acids is 1. The third-order valence-corrected chi connectivity index (χ3v) is 4.45. The van der Waals surface area contributed by atoms with E-state index in [2.05, 4.69) is 5.32 Å². The van der Waals surface area contributed by atoms with Crippen molar-refractivity contribution in [3.63, 3.8) is 0 Å². The lowest BCUT2D eigenvalue weighted by Gasteiger charge is -2.35. The number of nitrogens with zero attached hydrogens (tertiary/aromatic N) is 1.